The fourth-order valence-electron chi connectivity index (χ4n) is 2.44. The fourth-order valence-corrected chi connectivity index (χ4v) is 2.44. The molecule has 2 aliphatic rings. The van der Waals surface area contributed by atoms with E-state index in [1.165, 1.54) is 38.9 Å². The van der Waals surface area contributed by atoms with Crippen molar-refractivity contribution in [2.24, 2.45) is 0 Å². The number of piperazine rings is 1. The van der Waals surface area contributed by atoms with Crippen LogP contribution >= 0.6 is 0 Å². The van der Waals surface area contributed by atoms with Crippen LogP contribution in [0.5, 0.6) is 0 Å². The van der Waals surface area contributed by atoms with Gasteiger partial charge in [-0.25, -0.2) is 0 Å². The molecule has 2 aliphatic heterocycles. The zero-order valence-corrected chi connectivity index (χ0v) is 7.34. The van der Waals surface area contributed by atoms with Crippen LogP contribution < -0.4 is 5.32 Å². The van der Waals surface area contributed by atoms with Crippen LogP contribution in [0.25, 0.3) is 0 Å². The van der Waals surface area contributed by atoms with Gasteiger partial charge in [-0.05, 0) is 19.8 Å². The van der Waals surface area contributed by atoms with E-state index in [0.717, 1.165) is 12.1 Å². The van der Waals surface area contributed by atoms with Gasteiger partial charge in [-0.2, -0.15) is 0 Å². The van der Waals surface area contributed by atoms with E-state index in [1.54, 1.807) is 0 Å². The normalized spacial score (nSPS) is 40.1. The molecule has 0 radical (unpaired) electrons. The molecule has 1 N–H and O–H groups in total. The summed E-state index contributed by atoms with van der Waals surface area (Å²) >= 11 is 0. The Morgan fingerprint density at radius 2 is 2.27 bits per heavy atom. The van der Waals surface area contributed by atoms with Crippen molar-refractivity contribution in [1.82, 2.24) is 10.2 Å². The van der Waals surface area contributed by atoms with Gasteiger partial charge in [0.2, 0.25) is 0 Å². The van der Waals surface area contributed by atoms with Crippen LogP contribution in [-0.2, 0) is 0 Å². The minimum atomic E-state index is 0.843. The lowest BCUT2D eigenvalue weighted by molar-refractivity contribution is 0.0717. The molecule has 2 nitrogen and oxygen atoms in total. The molecule has 64 valence electrons. The number of hydrogen-bond acceptors (Lipinski definition) is 2. The Labute approximate surface area is 69.0 Å². The molecule has 2 heteroatoms. The van der Waals surface area contributed by atoms with Gasteiger partial charge in [0.05, 0.1) is 0 Å². The molecule has 2 saturated heterocycles. The van der Waals surface area contributed by atoms with Gasteiger partial charge in [0, 0.05) is 31.7 Å². The molecular formula is C9H18N2. The van der Waals surface area contributed by atoms with Crippen LogP contribution in [0.3, 0.4) is 0 Å². The van der Waals surface area contributed by atoms with Crippen LogP contribution in [-0.4, -0.2) is 36.6 Å². The number of nitrogens with zero attached hydrogens (tertiary/aromatic N) is 1. The molecule has 0 spiro atoms. The van der Waals surface area contributed by atoms with E-state index in [2.05, 4.69) is 17.1 Å². The van der Waals surface area contributed by atoms with Crippen molar-refractivity contribution in [2.75, 3.05) is 19.6 Å². The van der Waals surface area contributed by atoms with E-state index in [4.69, 9.17) is 0 Å². The number of fused-ring (bicyclic) bond motifs is 1. The molecule has 0 aromatic rings. The smallest absolute Gasteiger partial charge is 0.0224 e. The van der Waals surface area contributed by atoms with E-state index in [0.29, 0.717) is 0 Å². The third-order valence-corrected chi connectivity index (χ3v) is 3.12. The summed E-state index contributed by atoms with van der Waals surface area (Å²) in [6.07, 6.45) is 4.26. The van der Waals surface area contributed by atoms with Gasteiger partial charge in [-0.15, -0.1) is 0 Å². The first-order valence-corrected chi connectivity index (χ1v) is 4.84. The fraction of sp³-hybridized carbons (Fsp3) is 1.00. The van der Waals surface area contributed by atoms with Crippen molar-refractivity contribution in [3.8, 4) is 0 Å². The van der Waals surface area contributed by atoms with Crippen molar-refractivity contribution in [1.29, 1.82) is 0 Å². The molecule has 2 rings (SSSR count). The minimum absolute atomic E-state index is 0.843. The highest BCUT2D eigenvalue weighted by molar-refractivity contribution is 4.86. The molecular weight excluding hydrogens is 136 g/mol. The molecule has 2 heterocycles. The van der Waals surface area contributed by atoms with Crippen LogP contribution in [0, 0.1) is 0 Å². The molecule has 0 saturated carbocycles. The second-order valence-electron chi connectivity index (χ2n) is 3.88. The van der Waals surface area contributed by atoms with Crippen LogP contribution in [0.2, 0.25) is 0 Å². The van der Waals surface area contributed by atoms with Gasteiger partial charge >= 0.3 is 0 Å². The molecule has 0 aromatic heterocycles. The molecule has 0 amide bonds. The molecule has 2 atom stereocenters. The van der Waals surface area contributed by atoms with Gasteiger partial charge in [0.1, 0.15) is 0 Å². The van der Waals surface area contributed by atoms with E-state index in [1.807, 2.05) is 0 Å². The molecule has 11 heavy (non-hydrogen) atoms. The molecule has 0 bridgehead atoms. The summed E-state index contributed by atoms with van der Waals surface area (Å²) in [6.45, 7) is 6.06. The third-order valence-electron chi connectivity index (χ3n) is 3.12. The number of piperidine rings is 1. The van der Waals surface area contributed by atoms with Crippen LogP contribution in [0.4, 0.5) is 0 Å². The third kappa shape index (κ3) is 1.42. The van der Waals surface area contributed by atoms with Gasteiger partial charge in [-0.1, -0.05) is 6.42 Å². The summed E-state index contributed by atoms with van der Waals surface area (Å²) in [5.41, 5.74) is 0. The average molecular weight is 154 g/mol. The van der Waals surface area contributed by atoms with E-state index in [9.17, 15) is 0 Å². The predicted molar refractivity (Wildman–Crippen MR) is 46.7 cm³/mol. The number of hydrogen-bond donors (Lipinski definition) is 1. The molecule has 2 fully saturated rings. The van der Waals surface area contributed by atoms with E-state index < -0.39 is 0 Å². The Morgan fingerprint density at radius 3 is 3.09 bits per heavy atom. The summed E-state index contributed by atoms with van der Waals surface area (Å²) in [5.74, 6) is 0. The zero-order chi connectivity index (χ0) is 7.68. The predicted octanol–water partition coefficient (Wildman–Crippen LogP) is 0.833. The minimum Gasteiger partial charge on any atom is -0.314 e. The standard InChI is InChI=1S/C9H18N2/c1-8-3-2-4-9-7-10-5-6-11(8)9/h8-10H,2-7H2,1H3/t8-,9+/m0/s1. The maximum Gasteiger partial charge on any atom is 0.0224 e. The average Bonchev–Trinajstić information content (AvgIpc) is 2.06. The maximum absolute atomic E-state index is 3.46. The topological polar surface area (TPSA) is 15.3 Å². The van der Waals surface area contributed by atoms with Gasteiger partial charge in [0.15, 0.2) is 0 Å². The Hall–Kier alpha value is -0.0800. The molecule has 0 unspecified atom stereocenters. The lowest BCUT2D eigenvalue weighted by atomic mass is 9.95. The number of nitrogens with one attached hydrogen (secondary N) is 1. The van der Waals surface area contributed by atoms with Crippen LogP contribution in [0.15, 0.2) is 0 Å². The lowest BCUT2D eigenvalue weighted by Crippen LogP contribution is -2.56. The summed E-state index contributed by atoms with van der Waals surface area (Å²) in [5, 5.41) is 3.46. The van der Waals surface area contributed by atoms with Crippen molar-refractivity contribution in [2.45, 2.75) is 38.3 Å². The highest BCUT2D eigenvalue weighted by Gasteiger charge is 2.29. The maximum atomic E-state index is 3.46. The SMILES string of the molecule is C[C@H]1CCC[C@@H]2CNCCN21. The number of rotatable bonds is 0. The van der Waals surface area contributed by atoms with Crippen molar-refractivity contribution in [3.63, 3.8) is 0 Å². The van der Waals surface area contributed by atoms with Gasteiger partial charge in [-0.3, -0.25) is 4.90 Å². The van der Waals surface area contributed by atoms with Crippen molar-refractivity contribution in [3.05, 3.63) is 0 Å². The highest BCUT2D eigenvalue weighted by Crippen LogP contribution is 2.23. The first kappa shape index (κ1) is 7.56. The first-order valence-electron chi connectivity index (χ1n) is 4.84. The van der Waals surface area contributed by atoms with E-state index >= 15 is 0 Å². The summed E-state index contributed by atoms with van der Waals surface area (Å²) in [6, 6.07) is 1.70. The molecule has 0 aromatic carbocycles. The Bertz CT molecular complexity index is 134. The lowest BCUT2D eigenvalue weighted by Gasteiger charge is -2.43. The Balaban J connectivity index is 1.99. The summed E-state index contributed by atoms with van der Waals surface area (Å²) in [7, 11) is 0. The largest absolute Gasteiger partial charge is 0.314 e. The highest BCUT2D eigenvalue weighted by atomic mass is 15.2. The van der Waals surface area contributed by atoms with Crippen molar-refractivity contribution >= 4 is 0 Å². The Morgan fingerprint density at radius 1 is 1.36 bits per heavy atom. The Kier molecular flexibility index (Phi) is 2.14. The van der Waals surface area contributed by atoms with Crippen LogP contribution in [0.1, 0.15) is 26.2 Å². The zero-order valence-electron chi connectivity index (χ0n) is 7.34. The summed E-state index contributed by atoms with van der Waals surface area (Å²) in [4.78, 5) is 2.68. The summed E-state index contributed by atoms with van der Waals surface area (Å²) < 4.78 is 0. The van der Waals surface area contributed by atoms with Gasteiger partial charge < -0.3 is 5.32 Å². The monoisotopic (exact) mass is 154 g/mol. The second-order valence-corrected chi connectivity index (χ2v) is 3.88. The quantitative estimate of drug-likeness (QED) is 0.556. The molecule has 0 aliphatic carbocycles. The van der Waals surface area contributed by atoms with E-state index in [-0.39, 0.29) is 0 Å². The first-order chi connectivity index (χ1) is 5.38. The van der Waals surface area contributed by atoms with Gasteiger partial charge in [0.25, 0.3) is 0 Å². The van der Waals surface area contributed by atoms with Crippen molar-refractivity contribution < 1.29 is 0 Å². The second kappa shape index (κ2) is 3.11.